The monoisotopic (exact) mass is 203 g/mol. The van der Waals surface area contributed by atoms with Gasteiger partial charge in [0.15, 0.2) is 5.95 Å². The van der Waals surface area contributed by atoms with Crippen LogP contribution < -0.4 is 10.5 Å². The Labute approximate surface area is 88.1 Å². The second-order valence-corrected chi connectivity index (χ2v) is 3.40. The Morgan fingerprint density at radius 1 is 1.47 bits per heavy atom. The van der Waals surface area contributed by atoms with Crippen molar-refractivity contribution in [2.75, 3.05) is 5.73 Å². The normalized spacial score (nSPS) is 10.2. The number of nitrogens with zero attached hydrogens (tertiary/aromatic N) is 1. The van der Waals surface area contributed by atoms with Gasteiger partial charge in [-0.15, -0.1) is 0 Å². The fourth-order valence-corrected chi connectivity index (χ4v) is 1.32. The van der Waals surface area contributed by atoms with E-state index in [9.17, 15) is 0 Å². The average Bonchev–Trinajstić information content (AvgIpc) is 2.62. The number of hydrogen-bond donors (Lipinski definition) is 2. The number of aryl methyl sites for hydroxylation is 1. The van der Waals surface area contributed by atoms with E-state index in [-0.39, 0.29) is 0 Å². The van der Waals surface area contributed by atoms with Crippen LogP contribution in [0.2, 0.25) is 0 Å². The zero-order valence-electron chi connectivity index (χ0n) is 8.53. The van der Waals surface area contributed by atoms with E-state index in [1.165, 1.54) is 5.56 Å². The third-order valence-electron chi connectivity index (χ3n) is 2.03. The van der Waals surface area contributed by atoms with E-state index in [0.29, 0.717) is 12.6 Å². The number of hydrogen-bond acceptors (Lipinski definition) is 3. The molecule has 1 aromatic heterocycles. The number of aromatic amines is 1. The minimum Gasteiger partial charge on any atom is -0.487 e. The van der Waals surface area contributed by atoms with Gasteiger partial charge in [0.25, 0.3) is 0 Å². The van der Waals surface area contributed by atoms with E-state index < -0.39 is 0 Å². The van der Waals surface area contributed by atoms with Crippen molar-refractivity contribution in [3.05, 3.63) is 41.7 Å². The molecule has 0 spiro atoms. The highest BCUT2D eigenvalue weighted by Crippen LogP contribution is 2.13. The van der Waals surface area contributed by atoms with Crippen LogP contribution in [0, 0.1) is 6.92 Å². The molecule has 2 aromatic rings. The molecule has 0 saturated carbocycles. The summed E-state index contributed by atoms with van der Waals surface area (Å²) < 4.78 is 5.56. The molecule has 0 aliphatic carbocycles. The quantitative estimate of drug-likeness (QED) is 0.800. The van der Waals surface area contributed by atoms with E-state index in [0.717, 1.165) is 11.4 Å². The van der Waals surface area contributed by atoms with Crippen LogP contribution in [0.15, 0.2) is 30.5 Å². The molecule has 3 N–H and O–H groups in total. The van der Waals surface area contributed by atoms with Gasteiger partial charge in [-0.1, -0.05) is 12.1 Å². The van der Waals surface area contributed by atoms with Gasteiger partial charge in [0.2, 0.25) is 0 Å². The molecule has 78 valence electrons. The molecule has 0 aliphatic heterocycles. The van der Waals surface area contributed by atoms with Crippen LogP contribution in [0.5, 0.6) is 5.75 Å². The highest BCUT2D eigenvalue weighted by Gasteiger charge is 1.98. The zero-order valence-corrected chi connectivity index (χ0v) is 8.53. The third-order valence-corrected chi connectivity index (χ3v) is 2.03. The molecular formula is C11H13N3O. The summed E-state index contributed by atoms with van der Waals surface area (Å²) in [7, 11) is 0. The fourth-order valence-electron chi connectivity index (χ4n) is 1.32. The van der Waals surface area contributed by atoms with Crippen LogP contribution in [0.4, 0.5) is 5.95 Å². The highest BCUT2D eigenvalue weighted by molar-refractivity contribution is 5.27. The SMILES string of the molecule is Cc1cccc(OCc2cnc(N)[nH]2)c1. The standard InChI is InChI=1S/C11H13N3O/c1-8-3-2-4-10(5-8)15-7-9-6-13-11(12)14-9/h2-6H,7H2,1H3,(H3,12,13,14). The summed E-state index contributed by atoms with van der Waals surface area (Å²) in [6.07, 6.45) is 1.67. The van der Waals surface area contributed by atoms with E-state index in [4.69, 9.17) is 10.5 Å². The summed E-state index contributed by atoms with van der Waals surface area (Å²) in [4.78, 5) is 6.79. The largest absolute Gasteiger partial charge is 0.487 e. The van der Waals surface area contributed by atoms with Gasteiger partial charge in [-0.25, -0.2) is 4.98 Å². The van der Waals surface area contributed by atoms with E-state index in [1.54, 1.807) is 6.20 Å². The molecule has 15 heavy (non-hydrogen) atoms. The lowest BCUT2D eigenvalue weighted by molar-refractivity contribution is 0.302. The Kier molecular flexibility index (Phi) is 2.58. The summed E-state index contributed by atoms with van der Waals surface area (Å²) in [5.74, 6) is 1.26. The summed E-state index contributed by atoms with van der Waals surface area (Å²) in [6, 6.07) is 7.90. The van der Waals surface area contributed by atoms with Gasteiger partial charge in [0, 0.05) is 0 Å². The summed E-state index contributed by atoms with van der Waals surface area (Å²) >= 11 is 0. The molecule has 0 atom stereocenters. The summed E-state index contributed by atoms with van der Waals surface area (Å²) in [5, 5.41) is 0. The third kappa shape index (κ3) is 2.49. The van der Waals surface area contributed by atoms with Gasteiger partial charge < -0.3 is 15.5 Å². The maximum absolute atomic E-state index is 5.56. The lowest BCUT2D eigenvalue weighted by atomic mass is 10.2. The van der Waals surface area contributed by atoms with Gasteiger partial charge in [0.05, 0.1) is 11.9 Å². The smallest absolute Gasteiger partial charge is 0.197 e. The van der Waals surface area contributed by atoms with Crippen molar-refractivity contribution in [2.45, 2.75) is 13.5 Å². The topological polar surface area (TPSA) is 63.9 Å². The Hall–Kier alpha value is -1.97. The lowest BCUT2D eigenvalue weighted by Gasteiger charge is -2.04. The van der Waals surface area contributed by atoms with Gasteiger partial charge >= 0.3 is 0 Å². The molecule has 0 unspecified atom stereocenters. The molecule has 0 radical (unpaired) electrons. The lowest BCUT2D eigenvalue weighted by Crippen LogP contribution is -1.96. The predicted octanol–water partition coefficient (Wildman–Crippen LogP) is 1.88. The molecular weight excluding hydrogens is 190 g/mol. The van der Waals surface area contributed by atoms with Crippen LogP contribution in [0.3, 0.4) is 0 Å². The van der Waals surface area contributed by atoms with Gasteiger partial charge in [-0.05, 0) is 24.6 Å². The van der Waals surface area contributed by atoms with Crippen molar-refractivity contribution in [3.63, 3.8) is 0 Å². The minimum atomic E-state index is 0.415. The van der Waals surface area contributed by atoms with Crippen LogP contribution in [-0.4, -0.2) is 9.97 Å². The fraction of sp³-hybridized carbons (Fsp3) is 0.182. The second kappa shape index (κ2) is 4.04. The summed E-state index contributed by atoms with van der Waals surface area (Å²) in [5.41, 5.74) is 7.50. The van der Waals surface area contributed by atoms with Gasteiger partial charge in [0.1, 0.15) is 12.4 Å². The molecule has 0 saturated heterocycles. The first kappa shape index (κ1) is 9.58. The van der Waals surface area contributed by atoms with Crippen LogP contribution in [0.1, 0.15) is 11.3 Å². The molecule has 0 amide bonds. The second-order valence-electron chi connectivity index (χ2n) is 3.40. The molecule has 4 nitrogen and oxygen atoms in total. The maximum Gasteiger partial charge on any atom is 0.197 e. The molecule has 0 aliphatic rings. The Bertz CT molecular complexity index is 451. The van der Waals surface area contributed by atoms with E-state index in [2.05, 4.69) is 9.97 Å². The van der Waals surface area contributed by atoms with Gasteiger partial charge in [-0.3, -0.25) is 0 Å². The first-order chi connectivity index (χ1) is 7.24. The molecule has 4 heteroatoms. The Balaban J connectivity index is 1.99. The Morgan fingerprint density at radius 3 is 3.00 bits per heavy atom. The number of nitrogens with two attached hydrogens (primary N) is 1. The van der Waals surface area contributed by atoms with Crippen molar-refractivity contribution < 1.29 is 4.74 Å². The molecule has 0 bridgehead atoms. The number of H-pyrrole nitrogens is 1. The Morgan fingerprint density at radius 2 is 2.33 bits per heavy atom. The number of nitrogen functional groups attached to an aromatic ring is 1. The first-order valence-electron chi connectivity index (χ1n) is 4.73. The zero-order chi connectivity index (χ0) is 10.7. The number of ether oxygens (including phenoxy) is 1. The molecule has 1 aromatic carbocycles. The van der Waals surface area contributed by atoms with Crippen molar-refractivity contribution in [1.82, 2.24) is 9.97 Å². The van der Waals surface area contributed by atoms with E-state index >= 15 is 0 Å². The highest BCUT2D eigenvalue weighted by atomic mass is 16.5. The minimum absolute atomic E-state index is 0.415. The number of nitrogens with one attached hydrogen (secondary N) is 1. The number of imidazole rings is 1. The number of benzene rings is 1. The van der Waals surface area contributed by atoms with Crippen molar-refractivity contribution in [2.24, 2.45) is 0 Å². The number of rotatable bonds is 3. The molecule has 1 heterocycles. The van der Waals surface area contributed by atoms with Crippen LogP contribution in [-0.2, 0) is 6.61 Å². The number of anilines is 1. The van der Waals surface area contributed by atoms with Crippen molar-refractivity contribution >= 4 is 5.95 Å². The van der Waals surface area contributed by atoms with Crippen LogP contribution >= 0.6 is 0 Å². The molecule has 2 rings (SSSR count). The van der Waals surface area contributed by atoms with E-state index in [1.807, 2.05) is 31.2 Å². The summed E-state index contributed by atoms with van der Waals surface area (Å²) in [6.45, 7) is 2.48. The maximum atomic E-state index is 5.56. The van der Waals surface area contributed by atoms with Crippen LogP contribution in [0.25, 0.3) is 0 Å². The first-order valence-corrected chi connectivity index (χ1v) is 4.73. The average molecular weight is 203 g/mol. The molecule has 0 fully saturated rings. The van der Waals surface area contributed by atoms with Crippen molar-refractivity contribution in [1.29, 1.82) is 0 Å². The van der Waals surface area contributed by atoms with Crippen molar-refractivity contribution in [3.8, 4) is 5.75 Å². The predicted molar refractivity (Wildman–Crippen MR) is 58.5 cm³/mol. The van der Waals surface area contributed by atoms with Gasteiger partial charge in [-0.2, -0.15) is 0 Å². The number of aromatic nitrogens is 2.